The maximum Gasteiger partial charge on any atom is 0.192 e. The number of aromatic hydroxyl groups is 1. The van der Waals surface area contributed by atoms with Gasteiger partial charge in [0.15, 0.2) is 5.88 Å². The van der Waals surface area contributed by atoms with Gasteiger partial charge in [-0.2, -0.15) is 0 Å². The van der Waals surface area contributed by atoms with Gasteiger partial charge in [-0.25, -0.2) is 0 Å². The van der Waals surface area contributed by atoms with Crippen LogP contribution in [0.3, 0.4) is 0 Å². The zero-order chi connectivity index (χ0) is 17.0. The van der Waals surface area contributed by atoms with Crippen molar-refractivity contribution in [3.63, 3.8) is 0 Å². The van der Waals surface area contributed by atoms with E-state index in [4.69, 9.17) is 0 Å². The van der Waals surface area contributed by atoms with E-state index in [1.807, 2.05) is 39.0 Å². The molecule has 0 amide bonds. The lowest BCUT2D eigenvalue weighted by molar-refractivity contribution is 0.218. The van der Waals surface area contributed by atoms with Crippen LogP contribution in [0, 0.1) is 6.92 Å². The lowest BCUT2D eigenvalue weighted by Crippen LogP contribution is -2.12. The third-order valence-corrected chi connectivity index (χ3v) is 4.02. The van der Waals surface area contributed by atoms with E-state index in [9.17, 15) is 10.2 Å². The smallest absolute Gasteiger partial charge is 0.192 e. The van der Waals surface area contributed by atoms with Crippen LogP contribution in [0.15, 0.2) is 42.0 Å². The Morgan fingerprint density at radius 2 is 2.17 bits per heavy atom. The number of aliphatic imine (C=N–C) groups is 1. The maximum atomic E-state index is 10.4. The average molecular weight is 312 g/mol. The number of aliphatic hydroxyl groups excluding tert-OH is 1. The van der Waals surface area contributed by atoms with Crippen LogP contribution in [0.4, 0.5) is 0 Å². The number of aliphatic hydroxyl groups is 1. The molecule has 2 aromatic rings. The molecule has 1 aromatic carbocycles. The minimum absolute atomic E-state index is 0.0274. The van der Waals surface area contributed by atoms with Crippen molar-refractivity contribution in [2.75, 3.05) is 6.61 Å². The van der Waals surface area contributed by atoms with Gasteiger partial charge in [-0.3, -0.25) is 4.99 Å². The molecule has 1 atom stereocenters. The molecule has 0 radical (unpaired) electrons. The van der Waals surface area contributed by atoms with Gasteiger partial charge >= 0.3 is 0 Å². The summed E-state index contributed by atoms with van der Waals surface area (Å²) in [6, 6.07) is 5.54. The Balaban J connectivity index is 2.72. The van der Waals surface area contributed by atoms with E-state index in [1.54, 1.807) is 23.0 Å². The number of aromatic nitrogens is 1. The van der Waals surface area contributed by atoms with Crippen molar-refractivity contribution in [1.29, 1.82) is 0 Å². The minimum atomic E-state index is -0.173. The van der Waals surface area contributed by atoms with Crippen LogP contribution in [-0.4, -0.2) is 27.6 Å². The minimum Gasteiger partial charge on any atom is -0.494 e. The average Bonchev–Trinajstić information content (AvgIpc) is 2.85. The van der Waals surface area contributed by atoms with Crippen LogP contribution in [0.1, 0.15) is 37.4 Å². The van der Waals surface area contributed by atoms with Gasteiger partial charge in [0.1, 0.15) is 0 Å². The molecular weight excluding hydrogens is 288 g/mol. The molecule has 2 rings (SSSR count). The van der Waals surface area contributed by atoms with E-state index in [1.165, 1.54) is 0 Å². The molecule has 0 aliphatic heterocycles. The number of allylic oxidation sites excluding steroid dienone is 2. The van der Waals surface area contributed by atoms with Gasteiger partial charge in [-0.05, 0) is 31.4 Å². The first-order valence-electron chi connectivity index (χ1n) is 7.83. The number of benzene rings is 1. The van der Waals surface area contributed by atoms with E-state index < -0.39 is 0 Å². The Bertz CT molecular complexity index is 765. The number of fused-ring (bicyclic) bond motifs is 1. The summed E-state index contributed by atoms with van der Waals surface area (Å²) in [7, 11) is 0. The third kappa shape index (κ3) is 3.22. The van der Waals surface area contributed by atoms with Gasteiger partial charge in [0, 0.05) is 29.4 Å². The second-order valence-corrected chi connectivity index (χ2v) is 5.60. The SMILES string of the molecule is C=C(C=N/C=C\C)c1c(C)ccc2cc(O)n([C@@H](CC)CO)c12. The quantitative estimate of drug-likeness (QED) is 0.785. The second-order valence-electron chi connectivity index (χ2n) is 5.60. The third-order valence-electron chi connectivity index (χ3n) is 4.02. The van der Waals surface area contributed by atoms with Crippen molar-refractivity contribution in [2.45, 2.75) is 33.2 Å². The second kappa shape index (κ2) is 7.29. The number of nitrogens with zero attached hydrogens (tertiary/aromatic N) is 2. The highest BCUT2D eigenvalue weighted by Crippen LogP contribution is 2.35. The van der Waals surface area contributed by atoms with E-state index in [2.05, 4.69) is 11.6 Å². The van der Waals surface area contributed by atoms with Gasteiger partial charge < -0.3 is 14.8 Å². The molecule has 1 aromatic heterocycles. The van der Waals surface area contributed by atoms with Crippen molar-refractivity contribution < 1.29 is 10.2 Å². The molecule has 0 fully saturated rings. The zero-order valence-corrected chi connectivity index (χ0v) is 14.0. The van der Waals surface area contributed by atoms with E-state index in [-0.39, 0.29) is 18.5 Å². The van der Waals surface area contributed by atoms with Crippen molar-refractivity contribution in [3.05, 3.63) is 48.2 Å². The first-order chi connectivity index (χ1) is 11.0. The molecule has 23 heavy (non-hydrogen) atoms. The maximum absolute atomic E-state index is 10.4. The first-order valence-corrected chi connectivity index (χ1v) is 7.83. The number of hydrogen-bond donors (Lipinski definition) is 2. The molecule has 0 saturated carbocycles. The van der Waals surface area contributed by atoms with Crippen LogP contribution >= 0.6 is 0 Å². The molecular formula is C19H24N2O2. The largest absolute Gasteiger partial charge is 0.494 e. The number of rotatable bonds is 6. The molecule has 4 nitrogen and oxygen atoms in total. The summed E-state index contributed by atoms with van der Waals surface area (Å²) >= 11 is 0. The monoisotopic (exact) mass is 312 g/mol. The van der Waals surface area contributed by atoms with E-state index >= 15 is 0 Å². The molecule has 0 aliphatic carbocycles. The molecule has 122 valence electrons. The molecule has 1 heterocycles. The Hall–Kier alpha value is -2.33. The molecule has 2 N–H and O–H groups in total. The number of aryl methyl sites for hydroxylation is 1. The zero-order valence-electron chi connectivity index (χ0n) is 14.0. The summed E-state index contributed by atoms with van der Waals surface area (Å²) in [4.78, 5) is 4.21. The Kier molecular flexibility index (Phi) is 5.40. The Morgan fingerprint density at radius 3 is 2.78 bits per heavy atom. The Labute approximate surface area is 137 Å². The standard InChI is InChI=1S/C19H24N2O2/c1-5-9-20-11-14(4)18-13(3)7-8-15-10-17(23)21(19(15)18)16(6-2)12-22/h5,7-11,16,22-23H,4,6,12H2,1-3H3/b9-5-,20-11?/t16-/m0/s1. The van der Waals surface area contributed by atoms with Gasteiger partial charge in [-0.1, -0.05) is 31.7 Å². The fourth-order valence-electron chi connectivity index (χ4n) is 2.86. The van der Waals surface area contributed by atoms with E-state index in [0.717, 1.165) is 34.0 Å². The normalized spacial score (nSPS) is 13.4. The summed E-state index contributed by atoms with van der Waals surface area (Å²) in [5.41, 5.74) is 3.67. The van der Waals surface area contributed by atoms with Crippen LogP contribution in [0.2, 0.25) is 0 Å². The van der Waals surface area contributed by atoms with Gasteiger partial charge in [0.05, 0.1) is 18.2 Å². The van der Waals surface area contributed by atoms with E-state index in [0.29, 0.717) is 0 Å². The van der Waals surface area contributed by atoms with Gasteiger partial charge in [-0.15, -0.1) is 0 Å². The molecule has 0 unspecified atom stereocenters. The first kappa shape index (κ1) is 17.0. The Morgan fingerprint density at radius 1 is 1.43 bits per heavy atom. The van der Waals surface area contributed by atoms with Crippen molar-refractivity contribution in [3.8, 4) is 5.88 Å². The molecule has 0 saturated heterocycles. The lowest BCUT2D eigenvalue weighted by Gasteiger charge is -2.19. The highest BCUT2D eigenvalue weighted by Gasteiger charge is 2.19. The predicted octanol–water partition coefficient (Wildman–Crippen LogP) is 4.22. The van der Waals surface area contributed by atoms with Crippen LogP contribution < -0.4 is 0 Å². The predicted molar refractivity (Wildman–Crippen MR) is 97.1 cm³/mol. The lowest BCUT2D eigenvalue weighted by atomic mass is 9.99. The summed E-state index contributed by atoms with van der Waals surface area (Å²) < 4.78 is 1.80. The van der Waals surface area contributed by atoms with Gasteiger partial charge in [0.25, 0.3) is 0 Å². The summed E-state index contributed by atoms with van der Waals surface area (Å²) in [6.07, 6.45) is 6.00. The topological polar surface area (TPSA) is 57.8 Å². The van der Waals surface area contributed by atoms with Crippen molar-refractivity contribution >= 4 is 22.7 Å². The summed E-state index contributed by atoms with van der Waals surface area (Å²) in [5, 5.41) is 20.9. The number of hydrogen-bond acceptors (Lipinski definition) is 3. The van der Waals surface area contributed by atoms with Crippen LogP contribution in [-0.2, 0) is 0 Å². The fourth-order valence-corrected chi connectivity index (χ4v) is 2.86. The van der Waals surface area contributed by atoms with Crippen molar-refractivity contribution in [1.82, 2.24) is 4.57 Å². The fraction of sp³-hybridized carbons (Fsp3) is 0.316. The molecule has 0 aliphatic rings. The molecule has 4 heteroatoms. The molecule has 0 spiro atoms. The molecule has 0 bridgehead atoms. The summed E-state index contributed by atoms with van der Waals surface area (Å²) in [6.45, 7) is 10.0. The summed E-state index contributed by atoms with van der Waals surface area (Å²) in [5.74, 6) is 0.158. The van der Waals surface area contributed by atoms with Crippen LogP contribution in [0.5, 0.6) is 5.88 Å². The highest BCUT2D eigenvalue weighted by atomic mass is 16.3. The highest BCUT2D eigenvalue weighted by molar-refractivity contribution is 6.14. The van der Waals surface area contributed by atoms with Gasteiger partial charge in [0.2, 0.25) is 0 Å². The van der Waals surface area contributed by atoms with Crippen molar-refractivity contribution in [2.24, 2.45) is 4.99 Å². The van der Waals surface area contributed by atoms with Crippen LogP contribution in [0.25, 0.3) is 16.5 Å².